The average molecular weight is 1290 g/mol. The maximum atomic E-state index is 13.8. The molecular formula is C71H67Br2N6O8-. The van der Waals surface area contributed by atoms with Crippen LogP contribution in [0.15, 0.2) is 173 Å². The van der Waals surface area contributed by atoms with E-state index in [2.05, 4.69) is 133 Å². The number of carbonyl (C=O) groups is 2. The second-order valence-electron chi connectivity index (χ2n) is 21.9. The van der Waals surface area contributed by atoms with Gasteiger partial charge in [-0.2, -0.15) is 0 Å². The molecule has 0 unspecified atom stereocenters. The number of hydrogen-bond donors (Lipinski definition) is 1. The molecule has 8 aromatic carbocycles. The highest BCUT2D eigenvalue weighted by Crippen LogP contribution is 2.42. The maximum absolute atomic E-state index is 13.8. The molecule has 0 saturated heterocycles. The molecule has 2 amide bonds. The van der Waals surface area contributed by atoms with Gasteiger partial charge in [-0.1, -0.05) is 147 Å². The minimum absolute atomic E-state index is 0. The Morgan fingerprint density at radius 2 is 0.839 bits per heavy atom. The number of nitrogens with zero attached hydrogens (tertiary/aromatic N) is 6. The molecule has 0 bridgehead atoms. The first-order valence-corrected chi connectivity index (χ1v) is 30.9. The van der Waals surface area contributed by atoms with Crippen LogP contribution in [0.4, 0.5) is 17.1 Å². The lowest BCUT2D eigenvalue weighted by Gasteiger charge is -2.34. The van der Waals surface area contributed by atoms with Gasteiger partial charge in [0.15, 0.2) is 34.5 Å². The summed E-state index contributed by atoms with van der Waals surface area (Å²) in [5.41, 5.74) is 16.3. The number of aromatic hydroxyl groups is 1. The molecule has 0 aliphatic carbocycles. The molecule has 3 atom stereocenters. The Hall–Kier alpha value is -8.57. The molecule has 6 aliphatic rings. The first-order valence-electron chi connectivity index (χ1n) is 28.6. The number of ether oxygens (including phenoxy) is 5. The zero-order chi connectivity index (χ0) is 59.3. The van der Waals surface area contributed by atoms with Gasteiger partial charge in [0, 0.05) is 79.7 Å². The molecule has 8 aromatic rings. The van der Waals surface area contributed by atoms with E-state index in [1.165, 1.54) is 57.7 Å². The Balaban J connectivity index is 0.000000188. The molecule has 1 N–H and O–H groups in total. The average Bonchev–Trinajstić information content (AvgIpc) is 2.24. The maximum Gasteiger partial charge on any atom is 0.257 e. The zero-order valence-corrected chi connectivity index (χ0v) is 52.2. The van der Waals surface area contributed by atoms with Gasteiger partial charge in [0.25, 0.3) is 11.8 Å². The number of phenols is 1. The summed E-state index contributed by atoms with van der Waals surface area (Å²) in [5.74, 6) is 2.47. The quantitative estimate of drug-likeness (QED) is 0.0987. The predicted molar refractivity (Wildman–Crippen MR) is 349 cm³/mol. The van der Waals surface area contributed by atoms with Crippen LogP contribution in [-0.4, -0.2) is 89.7 Å². The molecule has 0 aromatic heterocycles. The van der Waals surface area contributed by atoms with E-state index in [-0.39, 0.29) is 48.9 Å². The van der Waals surface area contributed by atoms with Crippen molar-refractivity contribution in [3.05, 3.63) is 237 Å². The zero-order valence-electron chi connectivity index (χ0n) is 49.0. The van der Waals surface area contributed by atoms with Gasteiger partial charge in [0.1, 0.15) is 13.2 Å². The molecule has 444 valence electrons. The van der Waals surface area contributed by atoms with Crippen LogP contribution >= 0.6 is 31.9 Å². The van der Waals surface area contributed by atoms with Crippen LogP contribution in [0, 0.1) is 7.43 Å². The number of hydrogen-bond acceptors (Lipinski definition) is 12. The summed E-state index contributed by atoms with van der Waals surface area (Å²) in [5, 5.41) is 11.8. The third-order valence-corrected chi connectivity index (χ3v) is 17.8. The third-order valence-electron chi connectivity index (χ3n) is 16.5. The molecule has 87 heavy (non-hydrogen) atoms. The van der Waals surface area contributed by atoms with Crippen LogP contribution in [0.5, 0.6) is 34.5 Å². The highest BCUT2D eigenvalue weighted by Gasteiger charge is 2.35. The highest BCUT2D eigenvalue weighted by atomic mass is 79.9. The van der Waals surface area contributed by atoms with Crippen LogP contribution in [0.2, 0.25) is 0 Å². The lowest BCUT2D eigenvalue weighted by molar-refractivity contribution is 0.0696. The van der Waals surface area contributed by atoms with E-state index in [1.807, 2.05) is 64.5 Å². The topological polar surface area (TPSA) is 147 Å². The summed E-state index contributed by atoms with van der Waals surface area (Å²) in [7, 11) is 4.73. The van der Waals surface area contributed by atoms with Crippen molar-refractivity contribution in [1.82, 2.24) is 14.7 Å². The van der Waals surface area contributed by atoms with Gasteiger partial charge in [0.2, 0.25) is 0 Å². The molecule has 16 heteroatoms. The van der Waals surface area contributed by atoms with Crippen LogP contribution in [0.1, 0.15) is 81.9 Å². The van der Waals surface area contributed by atoms with Gasteiger partial charge in [-0.25, -0.2) is 0 Å². The SMILES string of the molecule is BrCc1cccc(CBr)c1.COc1cc2c(cc1O)N=C[C@@H]1Cc3ccccc3CN1C2=O.COc1cc2c(cc1OCc1cccc(COc3cc4c(cc3OC)C(=O)N3Cc5ccccc5C[C@H]3C=N4)c1)N=C[C@@H]1Cc3ccccc3CN1C2.[CH3-]. The van der Waals surface area contributed by atoms with Crippen molar-refractivity contribution in [1.29, 1.82) is 0 Å². The van der Waals surface area contributed by atoms with E-state index in [4.69, 9.17) is 33.7 Å². The first kappa shape index (κ1) is 60.1. The summed E-state index contributed by atoms with van der Waals surface area (Å²) in [6, 6.07) is 52.4. The number of halogens is 2. The van der Waals surface area contributed by atoms with Crippen molar-refractivity contribution < 1.29 is 38.4 Å². The number of alkyl halides is 2. The van der Waals surface area contributed by atoms with Crippen molar-refractivity contribution in [2.45, 2.75) is 87.4 Å². The lowest BCUT2D eigenvalue weighted by atomic mass is 9.94. The number of rotatable bonds is 11. The van der Waals surface area contributed by atoms with Crippen LogP contribution < -0.4 is 23.7 Å². The molecule has 6 heterocycles. The van der Waals surface area contributed by atoms with E-state index in [0.29, 0.717) is 71.8 Å². The summed E-state index contributed by atoms with van der Waals surface area (Å²) in [4.78, 5) is 47.1. The number of fused-ring (bicyclic) bond motifs is 9. The summed E-state index contributed by atoms with van der Waals surface area (Å²) in [6.07, 6.45) is 8.20. The number of amides is 2. The van der Waals surface area contributed by atoms with E-state index >= 15 is 0 Å². The Bertz CT molecular complexity index is 3940. The minimum atomic E-state index is -0.107. The second kappa shape index (κ2) is 27.0. The Morgan fingerprint density at radius 3 is 1.36 bits per heavy atom. The first-order chi connectivity index (χ1) is 42.1. The standard InChI is InChI=1S/C44H40N4O5.C18H16N2O3.C8H8Br2.CH3/c1-50-40-17-34-24-47-23-32-12-5-3-10-30(32)15-35(47)21-45-38(34)19-42(40)52-26-28-8-7-9-29(14-28)27-53-43-20-39-37(18-41(43)51-2)44(49)48-25-33-13-6-4-11-31(33)16-36(48)22-46-39;1-23-17-7-14-15(8-16(17)21)19-9-13-6-11-4-2-3-5-12(11)10-20(13)18(14)22;9-5-7-2-1-3-8(4-7)6-10;/h3-14,17-22,35-36H,15-16,23-27H2,1-2H3;2-5,7-9,13,21H,6,10H2,1H3;1-4H,5-6H2;1H3/q;;;-1/t35-,36-;13-;;/m00../s1. The van der Waals surface area contributed by atoms with E-state index in [0.717, 1.165) is 65.4 Å². The third kappa shape index (κ3) is 13.1. The Labute approximate surface area is 525 Å². The second-order valence-corrected chi connectivity index (χ2v) is 23.0. The van der Waals surface area contributed by atoms with Gasteiger partial charge < -0.3 is 46.0 Å². The number of aliphatic imine (C=N–C) groups is 3. The van der Waals surface area contributed by atoms with Gasteiger partial charge in [-0.15, -0.1) is 0 Å². The summed E-state index contributed by atoms with van der Waals surface area (Å²) < 4.78 is 29.3. The monoisotopic (exact) mass is 1290 g/mol. The molecule has 0 fully saturated rings. The predicted octanol–water partition coefficient (Wildman–Crippen LogP) is 14.4. The van der Waals surface area contributed by atoms with Crippen LogP contribution in [-0.2, 0) is 69.3 Å². The van der Waals surface area contributed by atoms with Crippen molar-refractivity contribution in [3.8, 4) is 34.5 Å². The molecule has 0 spiro atoms. The molecule has 0 saturated carbocycles. The molecule has 14 nitrogen and oxygen atoms in total. The van der Waals surface area contributed by atoms with Crippen molar-refractivity contribution in [3.63, 3.8) is 0 Å². The Kier molecular flexibility index (Phi) is 18.7. The van der Waals surface area contributed by atoms with Gasteiger partial charge >= 0.3 is 0 Å². The molecule has 0 radical (unpaired) electrons. The number of methoxy groups -OCH3 is 3. The van der Waals surface area contributed by atoms with Crippen molar-refractivity contribution in [2.24, 2.45) is 15.0 Å². The van der Waals surface area contributed by atoms with Crippen molar-refractivity contribution >= 4 is 79.4 Å². The van der Waals surface area contributed by atoms with Gasteiger partial charge in [-0.3, -0.25) is 29.5 Å². The van der Waals surface area contributed by atoms with Gasteiger partial charge in [0.05, 0.1) is 61.6 Å². The minimum Gasteiger partial charge on any atom is -0.504 e. The Morgan fingerprint density at radius 1 is 0.437 bits per heavy atom. The fourth-order valence-corrected chi connectivity index (χ4v) is 12.6. The smallest absolute Gasteiger partial charge is 0.257 e. The highest BCUT2D eigenvalue weighted by molar-refractivity contribution is 9.08. The summed E-state index contributed by atoms with van der Waals surface area (Å²) >= 11 is 6.81. The molecule has 6 aliphatic heterocycles. The van der Waals surface area contributed by atoms with Crippen LogP contribution in [0.3, 0.4) is 0 Å². The fraction of sp³-hybridized carbons (Fsp3) is 0.239. The summed E-state index contributed by atoms with van der Waals surface area (Å²) in [6.45, 7) is 3.44. The van der Waals surface area contributed by atoms with Gasteiger partial charge in [-0.05, 0) is 105 Å². The normalized spacial score (nSPS) is 17.2. The number of carbonyl (C=O) groups excluding carboxylic acids is 2. The lowest BCUT2D eigenvalue weighted by Crippen LogP contribution is -2.44. The number of benzene rings is 8. The van der Waals surface area contributed by atoms with E-state index < -0.39 is 0 Å². The largest absolute Gasteiger partial charge is 0.504 e. The van der Waals surface area contributed by atoms with Crippen molar-refractivity contribution in [2.75, 3.05) is 21.3 Å². The van der Waals surface area contributed by atoms with Crippen LogP contribution in [0.25, 0.3) is 0 Å². The fourth-order valence-electron chi connectivity index (χ4n) is 11.9. The van der Waals surface area contributed by atoms with E-state index in [9.17, 15) is 14.7 Å². The number of phenolic OH excluding ortho intramolecular Hbond substituents is 1. The van der Waals surface area contributed by atoms with E-state index in [1.54, 1.807) is 38.6 Å². The molecule has 14 rings (SSSR count). The molecular weight excluding hydrogens is 1220 g/mol.